The van der Waals surface area contributed by atoms with Crippen molar-refractivity contribution in [2.75, 3.05) is 17.4 Å². The highest BCUT2D eigenvalue weighted by Gasteiger charge is 2.35. The van der Waals surface area contributed by atoms with Crippen LogP contribution in [0.25, 0.3) is 11.3 Å². The molecule has 1 atom stereocenters. The van der Waals surface area contributed by atoms with Crippen LogP contribution < -0.4 is 15.1 Å². The Labute approximate surface area is 241 Å². The first-order valence-corrected chi connectivity index (χ1v) is 13.1. The first-order chi connectivity index (χ1) is 19.6. The Kier molecular flexibility index (Phi) is 7.63. The van der Waals surface area contributed by atoms with Crippen LogP contribution in [0.1, 0.15) is 39.0 Å². The molecule has 2 N–H and O–H groups in total. The summed E-state index contributed by atoms with van der Waals surface area (Å²) in [7, 11) is 1.57. The topological polar surface area (TPSA) is 121 Å². The largest absolute Gasteiger partial charge is 0.496 e. The van der Waals surface area contributed by atoms with Gasteiger partial charge in [0, 0.05) is 29.4 Å². The average Bonchev–Trinajstić information content (AvgIpc) is 3.54. The van der Waals surface area contributed by atoms with Crippen LogP contribution in [0.15, 0.2) is 82.3 Å². The van der Waals surface area contributed by atoms with Crippen molar-refractivity contribution in [2.45, 2.75) is 20.3 Å². The first kappa shape index (κ1) is 27.7. The van der Waals surface area contributed by atoms with Gasteiger partial charge in [0.1, 0.15) is 17.3 Å². The molecule has 1 aliphatic heterocycles. The molecule has 0 saturated heterocycles. The third-order valence-corrected chi connectivity index (χ3v) is 7.16. The third-order valence-electron chi connectivity index (χ3n) is 6.83. The summed E-state index contributed by atoms with van der Waals surface area (Å²) in [5, 5.41) is 18.0. The predicted octanol–water partition coefficient (Wildman–Crippen LogP) is 6.45. The maximum Gasteiger partial charge on any atom is 0.335 e. The molecule has 1 aliphatic rings. The first-order valence-electron chi connectivity index (χ1n) is 12.7. The van der Waals surface area contributed by atoms with E-state index in [1.807, 2.05) is 13.0 Å². The Morgan fingerprint density at radius 3 is 2.63 bits per heavy atom. The van der Waals surface area contributed by atoms with Crippen LogP contribution in [0.2, 0.25) is 5.02 Å². The number of carboxylic acids is 1. The van der Waals surface area contributed by atoms with Gasteiger partial charge in [-0.3, -0.25) is 9.59 Å². The number of halogens is 1. The number of ether oxygens (including phenoxy) is 1. The van der Waals surface area contributed by atoms with Crippen molar-refractivity contribution in [3.63, 3.8) is 0 Å². The predicted molar refractivity (Wildman–Crippen MR) is 156 cm³/mol. The molecule has 0 saturated carbocycles. The molecule has 4 aromatic rings. The average molecular weight is 572 g/mol. The van der Waals surface area contributed by atoms with Gasteiger partial charge in [0.15, 0.2) is 0 Å². The molecule has 0 bridgehead atoms. The van der Waals surface area contributed by atoms with Crippen molar-refractivity contribution in [2.24, 2.45) is 11.0 Å². The van der Waals surface area contributed by atoms with Gasteiger partial charge in [-0.25, -0.2) is 9.80 Å². The fourth-order valence-corrected chi connectivity index (χ4v) is 4.79. The number of nitrogens with one attached hydrogen (secondary N) is 1. The molecule has 0 aliphatic carbocycles. The third kappa shape index (κ3) is 5.71. The standard InChI is InChI=1S/C31H26ClN3O6/c1-17-7-9-21(15-28(17)40-3)33-29(36)25-14-19(8-11-26(25)32)27-12-10-23(41-27)16-24-18(2)34-35(30(24)37)22-6-4-5-20(13-22)31(38)39/h4-15,24H,16H2,1-3H3,(H,33,36)(H,38,39). The van der Waals surface area contributed by atoms with E-state index in [2.05, 4.69) is 10.4 Å². The second-order valence-electron chi connectivity index (χ2n) is 9.60. The van der Waals surface area contributed by atoms with Crippen LogP contribution >= 0.6 is 11.6 Å². The maximum atomic E-state index is 13.2. The van der Waals surface area contributed by atoms with Gasteiger partial charge >= 0.3 is 5.97 Å². The molecule has 2 amide bonds. The van der Waals surface area contributed by atoms with Gasteiger partial charge in [0.05, 0.1) is 34.9 Å². The van der Waals surface area contributed by atoms with E-state index >= 15 is 0 Å². The summed E-state index contributed by atoms with van der Waals surface area (Å²) < 4.78 is 11.4. The number of methoxy groups -OCH3 is 1. The number of carbonyl (C=O) groups excluding carboxylic acids is 2. The smallest absolute Gasteiger partial charge is 0.335 e. The van der Waals surface area contributed by atoms with E-state index in [9.17, 15) is 19.5 Å². The fourth-order valence-electron chi connectivity index (χ4n) is 4.59. The van der Waals surface area contributed by atoms with Gasteiger partial charge in [-0.1, -0.05) is 23.7 Å². The lowest BCUT2D eigenvalue weighted by Gasteiger charge is -2.14. The van der Waals surface area contributed by atoms with Crippen LogP contribution in [0.4, 0.5) is 11.4 Å². The van der Waals surface area contributed by atoms with Gasteiger partial charge in [-0.05, 0) is 74.0 Å². The second-order valence-corrected chi connectivity index (χ2v) is 10.0. The number of benzene rings is 3. The van der Waals surface area contributed by atoms with Gasteiger partial charge in [-0.2, -0.15) is 5.10 Å². The molecule has 9 nitrogen and oxygen atoms in total. The number of hydrazone groups is 1. The normalized spacial score (nSPS) is 14.6. The number of anilines is 2. The maximum absolute atomic E-state index is 13.2. The number of rotatable bonds is 8. The Balaban J connectivity index is 1.32. The summed E-state index contributed by atoms with van der Waals surface area (Å²) in [6.07, 6.45) is 0.263. The summed E-state index contributed by atoms with van der Waals surface area (Å²) in [6, 6.07) is 20.0. The zero-order valence-corrected chi connectivity index (χ0v) is 23.2. The number of carboxylic acid groups (broad SMARTS) is 1. The van der Waals surface area contributed by atoms with Gasteiger partial charge in [-0.15, -0.1) is 0 Å². The van der Waals surface area contributed by atoms with Crippen molar-refractivity contribution in [3.8, 4) is 17.1 Å². The van der Waals surface area contributed by atoms with E-state index < -0.39 is 11.9 Å². The van der Waals surface area contributed by atoms with Crippen molar-refractivity contribution in [1.29, 1.82) is 0 Å². The van der Waals surface area contributed by atoms with Crippen molar-refractivity contribution < 1.29 is 28.6 Å². The monoisotopic (exact) mass is 571 g/mol. The molecule has 41 heavy (non-hydrogen) atoms. The minimum Gasteiger partial charge on any atom is -0.496 e. The lowest BCUT2D eigenvalue weighted by Crippen LogP contribution is -2.28. The van der Waals surface area contributed by atoms with Crippen LogP contribution in [0, 0.1) is 12.8 Å². The van der Waals surface area contributed by atoms with E-state index in [0.717, 1.165) is 5.56 Å². The van der Waals surface area contributed by atoms with E-state index in [-0.39, 0.29) is 34.4 Å². The molecule has 0 fully saturated rings. The van der Waals surface area contributed by atoms with Crippen molar-refractivity contribution in [1.82, 2.24) is 0 Å². The van der Waals surface area contributed by atoms with Crippen LogP contribution in [0.3, 0.4) is 0 Å². The zero-order chi connectivity index (χ0) is 29.3. The summed E-state index contributed by atoms with van der Waals surface area (Å²) in [5.41, 5.74) is 3.47. The molecule has 1 aromatic heterocycles. The molecular formula is C31H26ClN3O6. The summed E-state index contributed by atoms with van der Waals surface area (Å²) >= 11 is 6.37. The number of furan rings is 1. The second kappa shape index (κ2) is 11.3. The molecule has 2 heterocycles. The fraction of sp³-hybridized carbons (Fsp3) is 0.161. The molecule has 1 unspecified atom stereocenters. The minimum absolute atomic E-state index is 0.0666. The Morgan fingerprint density at radius 1 is 1.07 bits per heavy atom. The summed E-state index contributed by atoms with van der Waals surface area (Å²) in [6.45, 7) is 3.66. The summed E-state index contributed by atoms with van der Waals surface area (Å²) in [4.78, 5) is 37.6. The lowest BCUT2D eigenvalue weighted by molar-refractivity contribution is -0.119. The SMILES string of the molecule is COc1cc(NC(=O)c2cc(-c3ccc(CC4C(=O)N(c5cccc(C(=O)O)c5)N=C4C)o3)ccc2Cl)ccc1C. The number of amides is 2. The molecule has 208 valence electrons. The lowest BCUT2D eigenvalue weighted by atomic mass is 9.99. The minimum atomic E-state index is -1.09. The highest BCUT2D eigenvalue weighted by Crippen LogP contribution is 2.31. The quantitative estimate of drug-likeness (QED) is 0.251. The Hall–Kier alpha value is -4.89. The molecule has 3 aromatic carbocycles. The molecule has 5 rings (SSSR count). The Morgan fingerprint density at radius 2 is 1.88 bits per heavy atom. The molecule has 0 radical (unpaired) electrons. The summed E-state index contributed by atoms with van der Waals surface area (Å²) in [5.74, 6) is -0.594. The van der Waals surface area contributed by atoms with Gasteiger partial charge in [0.25, 0.3) is 11.8 Å². The van der Waals surface area contributed by atoms with Crippen LogP contribution in [-0.2, 0) is 11.2 Å². The number of aromatic carboxylic acids is 1. The van der Waals surface area contributed by atoms with Crippen LogP contribution in [0.5, 0.6) is 5.75 Å². The van der Waals surface area contributed by atoms with E-state index in [0.29, 0.717) is 39.9 Å². The number of carbonyl (C=O) groups is 3. The van der Waals surface area contributed by atoms with Crippen LogP contribution in [-0.4, -0.2) is 35.7 Å². The zero-order valence-electron chi connectivity index (χ0n) is 22.5. The molecular weight excluding hydrogens is 546 g/mol. The number of nitrogens with zero attached hydrogens (tertiary/aromatic N) is 2. The molecule has 10 heteroatoms. The molecule has 0 spiro atoms. The van der Waals surface area contributed by atoms with Gasteiger partial charge in [0.2, 0.25) is 0 Å². The number of aryl methyl sites for hydroxylation is 1. The van der Waals surface area contributed by atoms with E-state index in [1.165, 1.54) is 17.1 Å². The Bertz CT molecular complexity index is 1710. The number of hydrogen-bond acceptors (Lipinski definition) is 6. The van der Waals surface area contributed by atoms with Crippen molar-refractivity contribution in [3.05, 3.63) is 100 Å². The van der Waals surface area contributed by atoms with Gasteiger partial charge < -0.3 is 19.6 Å². The van der Waals surface area contributed by atoms with E-state index in [1.54, 1.807) is 68.6 Å². The highest BCUT2D eigenvalue weighted by molar-refractivity contribution is 6.34. The highest BCUT2D eigenvalue weighted by atomic mass is 35.5. The van der Waals surface area contributed by atoms with Crippen molar-refractivity contribution >= 4 is 46.5 Å². The number of hydrogen-bond donors (Lipinski definition) is 2. The van der Waals surface area contributed by atoms with E-state index in [4.69, 9.17) is 20.8 Å².